The number of furan rings is 1. The van der Waals surface area contributed by atoms with Crippen molar-refractivity contribution in [1.29, 1.82) is 0 Å². The van der Waals surface area contributed by atoms with E-state index in [2.05, 4.69) is 144 Å². The van der Waals surface area contributed by atoms with Crippen molar-refractivity contribution >= 4 is 49.8 Å². The first-order valence-electron chi connectivity index (χ1n) is 16.5. The maximum Gasteiger partial charge on any atom is 0.135 e. The van der Waals surface area contributed by atoms with E-state index in [9.17, 15) is 5.11 Å². The highest BCUT2D eigenvalue weighted by Crippen LogP contribution is 2.47. The summed E-state index contributed by atoms with van der Waals surface area (Å²) in [6.07, 6.45) is 0. The molecule has 0 saturated carbocycles. The largest absolute Gasteiger partial charge is 0.507 e. The first-order chi connectivity index (χ1) is 24.2. The second-order valence-corrected chi connectivity index (χ2v) is 12.3. The predicted octanol–water partition coefficient (Wildman–Crippen LogP) is 12.9. The van der Waals surface area contributed by atoms with Crippen molar-refractivity contribution in [2.24, 2.45) is 0 Å². The Hall–Kier alpha value is -6.58. The van der Waals surface area contributed by atoms with Gasteiger partial charge in [-0.2, -0.15) is 0 Å². The van der Waals surface area contributed by atoms with E-state index in [1.807, 2.05) is 36.4 Å². The van der Waals surface area contributed by atoms with E-state index < -0.39 is 0 Å². The molecule has 0 aliphatic heterocycles. The molecule has 1 heterocycles. The molecule has 0 amide bonds. The lowest BCUT2D eigenvalue weighted by molar-refractivity contribution is 0.477. The number of para-hydroxylation sites is 4. The molecule has 0 bridgehead atoms. The van der Waals surface area contributed by atoms with Crippen molar-refractivity contribution < 1.29 is 9.52 Å². The number of phenols is 1. The van der Waals surface area contributed by atoms with Gasteiger partial charge < -0.3 is 14.4 Å². The molecule has 0 aliphatic carbocycles. The fourth-order valence-corrected chi connectivity index (χ4v) is 7.01. The van der Waals surface area contributed by atoms with Gasteiger partial charge in [-0.25, -0.2) is 0 Å². The minimum Gasteiger partial charge on any atom is -0.507 e. The molecule has 0 saturated heterocycles. The fraction of sp³-hybridized carbons (Fsp3) is 0. The number of benzene rings is 8. The Morgan fingerprint density at radius 3 is 1.88 bits per heavy atom. The van der Waals surface area contributed by atoms with E-state index >= 15 is 0 Å². The van der Waals surface area contributed by atoms with E-state index in [0.717, 1.165) is 72.4 Å². The van der Waals surface area contributed by atoms with Gasteiger partial charge in [-0.15, -0.1) is 0 Å². The van der Waals surface area contributed by atoms with Gasteiger partial charge in [-0.1, -0.05) is 127 Å². The first-order valence-corrected chi connectivity index (χ1v) is 16.5. The molecule has 0 atom stereocenters. The molecule has 0 aliphatic rings. The van der Waals surface area contributed by atoms with Crippen LogP contribution < -0.4 is 4.90 Å². The molecule has 3 heteroatoms. The summed E-state index contributed by atoms with van der Waals surface area (Å²) < 4.78 is 6.14. The number of anilines is 3. The molecule has 3 nitrogen and oxygen atoms in total. The van der Waals surface area contributed by atoms with Gasteiger partial charge in [0.05, 0.1) is 11.4 Å². The zero-order chi connectivity index (χ0) is 32.7. The van der Waals surface area contributed by atoms with Gasteiger partial charge in [0.1, 0.15) is 16.9 Å². The number of hydrogen-bond donors (Lipinski definition) is 1. The first kappa shape index (κ1) is 28.6. The Balaban J connectivity index is 1.26. The van der Waals surface area contributed by atoms with E-state index in [1.165, 1.54) is 10.8 Å². The summed E-state index contributed by atoms with van der Waals surface area (Å²) in [5.74, 6) is 0.243. The normalized spacial score (nSPS) is 11.3. The Bertz CT molecular complexity index is 2650. The minimum atomic E-state index is 0.243. The Morgan fingerprint density at radius 1 is 0.388 bits per heavy atom. The molecule has 9 aromatic rings. The van der Waals surface area contributed by atoms with Gasteiger partial charge in [0, 0.05) is 33.2 Å². The molecule has 0 fully saturated rings. The third kappa shape index (κ3) is 5.09. The van der Waals surface area contributed by atoms with Crippen molar-refractivity contribution in [3.8, 4) is 39.1 Å². The Labute approximate surface area is 284 Å². The third-order valence-electron chi connectivity index (χ3n) is 9.36. The average molecular weight is 630 g/mol. The zero-order valence-electron chi connectivity index (χ0n) is 26.6. The topological polar surface area (TPSA) is 36.6 Å². The maximum atomic E-state index is 11.1. The second-order valence-electron chi connectivity index (χ2n) is 12.3. The summed E-state index contributed by atoms with van der Waals surface area (Å²) in [6, 6.07) is 62.9. The van der Waals surface area contributed by atoms with Crippen LogP contribution in [0.25, 0.3) is 66.1 Å². The highest BCUT2D eigenvalue weighted by atomic mass is 16.3. The maximum absolute atomic E-state index is 11.1. The highest BCUT2D eigenvalue weighted by Gasteiger charge is 2.22. The van der Waals surface area contributed by atoms with E-state index in [4.69, 9.17) is 4.42 Å². The molecule has 49 heavy (non-hydrogen) atoms. The van der Waals surface area contributed by atoms with Crippen LogP contribution in [0.5, 0.6) is 5.75 Å². The van der Waals surface area contributed by atoms with Crippen LogP contribution in [-0.2, 0) is 0 Å². The van der Waals surface area contributed by atoms with Gasteiger partial charge in [-0.05, 0) is 82.1 Å². The number of nitrogens with zero attached hydrogens (tertiary/aromatic N) is 1. The number of fused-ring (bicyclic) bond motifs is 4. The van der Waals surface area contributed by atoms with Crippen LogP contribution in [-0.4, -0.2) is 5.11 Å². The molecular formula is C46H31NO2. The summed E-state index contributed by atoms with van der Waals surface area (Å²) in [4.78, 5) is 2.32. The lowest BCUT2D eigenvalue weighted by atomic mass is 9.96. The smallest absolute Gasteiger partial charge is 0.135 e. The Morgan fingerprint density at radius 2 is 1.02 bits per heavy atom. The van der Waals surface area contributed by atoms with Crippen LogP contribution in [0.4, 0.5) is 17.1 Å². The molecule has 232 valence electrons. The van der Waals surface area contributed by atoms with Crippen LogP contribution in [0.15, 0.2) is 186 Å². The third-order valence-corrected chi connectivity index (χ3v) is 9.36. The lowest BCUT2D eigenvalue weighted by Gasteiger charge is -2.30. The molecule has 9 rings (SSSR count). The van der Waals surface area contributed by atoms with Crippen molar-refractivity contribution in [2.45, 2.75) is 0 Å². The molecule has 0 radical (unpaired) electrons. The van der Waals surface area contributed by atoms with E-state index in [-0.39, 0.29) is 5.75 Å². The summed E-state index contributed by atoms with van der Waals surface area (Å²) in [5.41, 5.74) is 10.9. The zero-order valence-corrected chi connectivity index (χ0v) is 26.6. The van der Waals surface area contributed by atoms with E-state index in [0.29, 0.717) is 0 Å². The van der Waals surface area contributed by atoms with Crippen LogP contribution in [0.3, 0.4) is 0 Å². The molecule has 1 N–H and O–H groups in total. The van der Waals surface area contributed by atoms with Gasteiger partial charge >= 0.3 is 0 Å². The van der Waals surface area contributed by atoms with Gasteiger partial charge in [-0.3, -0.25) is 0 Å². The molecule has 0 unspecified atom stereocenters. The number of aromatic hydroxyl groups is 1. The van der Waals surface area contributed by atoms with E-state index in [1.54, 1.807) is 6.07 Å². The fourth-order valence-electron chi connectivity index (χ4n) is 7.01. The quantitative estimate of drug-likeness (QED) is 0.199. The van der Waals surface area contributed by atoms with Crippen molar-refractivity contribution in [2.75, 3.05) is 4.90 Å². The van der Waals surface area contributed by atoms with Crippen LogP contribution in [0.1, 0.15) is 0 Å². The van der Waals surface area contributed by atoms with Gasteiger partial charge in [0.25, 0.3) is 0 Å². The number of rotatable bonds is 6. The van der Waals surface area contributed by atoms with Crippen LogP contribution in [0, 0.1) is 0 Å². The predicted molar refractivity (Wildman–Crippen MR) is 204 cm³/mol. The standard InChI is InChI=1S/C46H31NO2/c48-44-22-9-5-18-39(44)38-17-4-8-21-43(38)47(42-20-7-3-16-37(42)35-25-24-31-12-1-2-13-32(31)28-35)36-15-11-14-33(29-36)34-26-27-46-41(30-34)40-19-6-10-23-45(40)49-46/h1-30,48H. The minimum absolute atomic E-state index is 0.243. The monoisotopic (exact) mass is 629 g/mol. The molecule has 8 aromatic carbocycles. The van der Waals surface area contributed by atoms with Crippen molar-refractivity contribution in [3.63, 3.8) is 0 Å². The summed E-state index contributed by atoms with van der Waals surface area (Å²) in [6.45, 7) is 0. The number of hydrogen-bond acceptors (Lipinski definition) is 3. The number of phenolic OH excluding ortho intramolecular Hbond substituents is 1. The second kappa shape index (κ2) is 11.9. The van der Waals surface area contributed by atoms with Crippen molar-refractivity contribution in [1.82, 2.24) is 0 Å². The average Bonchev–Trinajstić information content (AvgIpc) is 3.54. The summed E-state index contributed by atoms with van der Waals surface area (Å²) >= 11 is 0. The molecular weight excluding hydrogens is 599 g/mol. The summed E-state index contributed by atoms with van der Waals surface area (Å²) in [7, 11) is 0. The van der Waals surface area contributed by atoms with Gasteiger partial charge in [0.15, 0.2) is 0 Å². The van der Waals surface area contributed by atoms with Crippen LogP contribution >= 0.6 is 0 Å². The SMILES string of the molecule is Oc1ccccc1-c1ccccc1N(c1cccc(-c2ccc3oc4ccccc4c3c2)c1)c1ccccc1-c1ccc2ccccc2c1. The molecule has 1 aromatic heterocycles. The highest BCUT2D eigenvalue weighted by molar-refractivity contribution is 6.06. The van der Waals surface area contributed by atoms with Gasteiger partial charge in [0.2, 0.25) is 0 Å². The molecule has 0 spiro atoms. The Kier molecular flexibility index (Phi) is 6.95. The van der Waals surface area contributed by atoms with Crippen LogP contribution in [0.2, 0.25) is 0 Å². The summed E-state index contributed by atoms with van der Waals surface area (Å²) in [5, 5.41) is 15.7. The van der Waals surface area contributed by atoms with Crippen molar-refractivity contribution in [3.05, 3.63) is 182 Å². The lowest BCUT2D eigenvalue weighted by Crippen LogP contribution is -2.12.